The van der Waals surface area contributed by atoms with Crippen LogP contribution in [-0.2, 0) is 23.9 Å². The number of fused-ring (bicyclic) bond motifs is 7. The van der Waals surface area contributed by atoms with Gasteiger partial charge in [0, 0.05) is 12.0 Å². The predicted molar refractivity (Wildman–Crippen MR) is 203 cm³/mol. The average Bonchev–Trinajstić information content (AvgIpc) is 3.71. The van der Waals surface area contributed by atoms with Gasteiger partial charge in [-0.05, 0) is 162 Å². The van der Waals surface area contributed by atoms with Crippen LogP contribution in [0.1, 0.15) is 153 Å². The molecule has 0 bridgehead atoms. The van der Waals surface area contributed by atoms with Gasteiger partial charge in [-0.15, -0.1) is 0 Å². The van der Waals surface area contributed by atoms with Gasteiger partial charge in [0.05, 0.1) is 11.3 Å². The third-order valence-electron chi connectivity index (χ3n) is 18.4. The molecule has 5 unspecified atom stereocenters. The van der Waals surface area contributed by atoms with Gasteiger partial charge >= 0.3 is 17.9 Å². The van der Waals surface area contributed by atoms with Crippen LogP contribution in [0.15, 0.2) is 12.2 Å². The van der Waals surface area contributed by atoms with Crippen molar-refractivity contribution in [3.8, 4) is 0 Å². The quantitative estimate of drug-likeness (QED) is 0.153. The number of hydrogen-bond donors (Lipinski definition) is 2. The van der Waals surface area contributed by atoms with Crippen LogP contribution in [0.25, 0.3) is 0 Å². The number of aliphatic carboxylic acids is 1. The summed E-state index contributed by atoms with van der Waals surface area (Å²) in [6, 6.07) is 0. The third kappa shape index (κ3) is 5.29. The molecule has 52 heavy (non-hydrogen) atoms. The van der Waals surface area contributed by atoms with Crippen LogP contribution in [-0.4, -0.2) is 46.8 Å². The number of carboxylic acid groups (broad SMARTS) is 1. The molecule has 7 fully saturated rings. The molecule has 1 aliphatic heterocycles. The van der Waals surface area contributed by atoms with E-state index < -0.39 is 22.5 Å². The number of rotatable bonds is 7. The summed E-state index contributed by atoms with van der Waals surface area (Å²) in [6.45, 7) is 29.7. The lowest BCUT2D eigenvalue weighted by atomic mass is 9.32. The maximum Gasteiger partial charge on any atom is 0.328 e. The Kier molecular flexibility index (Phi) is 8.72. The minimum atomic E-state index is -0.619. The highest BCUT2D eigenvalue weighted by atomic mass is 16.6. The minimum Gasteiger partial charge on any atom is -0.481 e. The largest absolute Gasteiger partial charge is 0.481 e. The number of hydrogen-bond acceptors (Lipinski definition) is 6. The lowest BCUT2D eigenvalue weighted by molar-refractivity contribution is -0.252. The number of esters is 2. The van der Waals surface area contributed by atoms with Crippen LogP contribution in [0.3, 0.4) is 0 Å². The van der Waals surface area contributed by atoms with Crippen molar-refractivity contribution in [2.45, 2.75) is 170 Å². The Morgan fingerprint density at radius 1 is 0.827 bits per heavy atom. The molecule has 0 spiro atoms. The number of carbonyl (C=O) groups excluding carboxylic acids is 2. The van der Waals surface area contributed by atoms with E-state index in [0.29, 0.717) is 36.6 Å². The standard InChI is InChI=1S/C45H71NO6/c1-26(2)28-15-20-44(36(48)49)22-21-42(11)29(34(28)44)13-14-32-41(10)18-17-33(40(8,9)31(41)16-19-43(32,42)12)51-35(47)30-23-27(39(30,6)7)24-45(25-46-45)37(50)52-38(3,4)5/h27-34,46H,1,13-25H2,2-12H3,(H,48,49)/t27-,28?,29?,30?,31-,32+,33-,34?,41-,42+,43+,44-,45?/m0/s1. The van der Waals surface area contributed by atoms with Crippen molar-refractivity contribution in [1.29, 1.82) is 0 Å². The van der Waals surface area contributed by atoms with Gasteiger partial charge in [-0.1, -0.05) is 60.6 Å². The van der Waals surface area contributed by atoms with Gasteiger partial charge in [0.15, 0.2) is 0 Å². The van der Waals surface area contributed by atoms with Crippen LogP contribution in [0.5, 0.6) is 0 Å². The molecule has 0 aromatic heterocycles. The number of nitrogens with one attached hydrogen (secondary N) is 1. The van der Waals surface area contributed by atoms with Gasteiger partial charge in [-0.3, -0.25) is 14.9 Å². The molecule has 0 aromatic carbocycles. The Labute approximate surface area is 314 Å². The van der Waals surface area contributed by atoms with Crippen LogP contribution in [0, 0.1) is 73.9 Å². The highest BCUT2D eigenvalue weighted by molar-refractivity contribution is 5.85. The number of carbonyl (C=O) groups is 3. The summed E-state index contributed by atoms with van der Waals surface area (Å²) < 4.78 is 12.4. The Balaban J connectivity index is 1.05. The molecule has 0 aromatic rings. The predicted octanol–water partition coefficient (Wildman–Crippen LogP) is 9.38. The molecule has 13 atom stereocenters. The molecule has 292 valence electrons. The van der Waals surface area contributed by atoms with Crippen LogP contribution in [0.4, 0.5) is 0 Å². The van der Waals surface area contributed by atoms with Gasteiger partial charge in [-0.25, -0.2) is 4.79 Å². The van der Waals surface area contributed by atoms with Crippen molar-refractivity contribution in [1.82, 2.24) is 5.32 Å². The Morgan fingerprint density at radius 3 is 2.08 bits per heavy atom. The van der Waals surface area contributed by atoms with Crippen molar-refractivity contribution in [3.63, 3.8) is 0 Å². The number of carboxylic acids is 1. The van der Waals surface area contributed by atoms with E-state index >= 15 is 0 Å². The van der Waals surface area contributed by atoms with Crippen molar-refractivity contribution in [2.24, 2.45) is 73.9 Å². The van der Waals surface area contributed by atoms with E-state index in [1.54, 1.807) is 0 Å². The molecule has 6 saturated carbocycles. The Bertz CT molecular complexity index is 1520. The number of allylic oxidation sites excluding steroid dienone is 1. The molecule has 0 radical (unpaired) electrons. The third-order valence-corrected chi connectivity index (χ3v) is 18.4. The van der Waals surface area contributed by atoms with Gasteiger partial charge in [0.2, 0.25) is 0 Å². The highest BCUT2D eigenvalue weighted by Crippen LogP contribution is 2.77. The summed E-state index contributed by atoms with van der Waals surface area (Å²) in [5.74, 6) is 1.23. The summed E-state index contributed by atoms with van der Waals surface area (Å²) in [7, 11) is 0. The summed E-state index contributed by atoms with van der Waals surface area (Å²) in [6.07, 6.45) is 11.4. The van der Waals surface area contributed by atoms with E-state index in [4.69, 9.17) is 9.47 Å². The van der Waals surface area contributed by atoms with E-state index in [2.05, 4.69) is 67.3 Å². The SMILES string of the molecule is C=C(C)C1CC[C@]2(C(=O)O)CC[C@]3(C)C(CC[C@@H]4[C@@]5(C)CC[C@H](OC(=O)C6C[C@@H](CC7(C(=O)OC(C)(C)C)CN7)C6(C)C)C(C)(C)[C@@H]5CC[C@]43C)C12. The Hall–Kier alpha value is -1.89. The molecule has 7 rings (SSSR count). The molecular weight excluding hydrogens is 650 g/mol. The lowest BCUT2D eigenvalue weighted by Crippen LogP contribution is -2.67. The van der Waals surface area contributed by atoms with E-state index in [1.807, 2.05) is 20.8 Å². The van der Waals surface area contributed by atoms with Gasteiger partial charge < -0.3 is 14.6 Å². The molecular formula is C45H71NO6. The van der Waals surface area contributed by atoms with E-state index in [1.165, 1.54) is 5.57 Å². The normalized spacial score (nSPS) is 48.4. The number of ether oxygens (including phenoxy) is 2. The van der Waals surface area contributed by atoms with Crippen LogP contribution in [0.2, 0.25) is 0 Å². The molecule has 7 nitrogen and oxygen atoms in total. The first-order valence-electron chi connectivity index (χ1n) is 21.0. The fourth-order valence-corrected chi connectivity index (χ4v) is 15.0. The van der Waals surface area contributed by atoms with E-state index in [9.17, 15) is 19.5 Å². The minimum absolute atomic E-state index is 0.0561. The molecule has 1 saturated heterocycles. The molecule has 2 N–H and O–H groups in total. The van der Waals surface area contributed by atoms with Gasteiger partial charge in [0.1, 0.15) is 17.2 Å². The fraction of sp³-hybridized carbons (Fsp3) is 0.889. The fourth-order valence-electron chi connectivity index (χ4n) is 15.0. The first-order chi connectivity index (χ1) is 23.9. The molecule has 7 heteroatoms. The van der Waals surface area contributed by atoms with Crippen LogP contribution >= 0.6 is 0 Å². The summed E-state index contributed by atoms with van der Waals surface area (Å²) in [4.78, 5) is 40.1. The molecule has 1 heterocycles. The lowest BCUT2D eigenvalue weighted by Gasteiger charge is -2.72. The van der Waals surface area contributed by atoms with E-state index in [0.717, 1.165) is 70.6 Å². The topological polar surface area (TPSA) is 112 Å². The van der Waals surface area contributed by atoms with Crippen LogP contribution < -0.4 is 5.32 Å². The van der Waals surface area contributed by atoms with Crippen molar-refractivity contribution >= 4 is 17.9 Å². The summed E-state index contributed by atoms with van der Waals surface area (Å²) in [5, 5.41) is 14.0. The van der Waals surface area contributed by atoms with Gasteiger partial charge in [-0.2, -0.15) is 0 Å². The maximum atomic E-state index is 14.0. The average molecular weight is 722 g/mol. The smallest absolute Gasteiger partial charge is 0.328 e. The maximum absolute atomic E-state index is 14.0. The Morgan fingerprint density at radius 2 is 1.50 bits per heavy atom. The first kappa shape index (κ1) is 38.4. The second-order valence-electron chi connectivity index (χ2n) is 22.4. The zero-order valence-corrected chi connectivity index (χ0v) is 34.5. The molecule has 0 amide bonds. The first-order valence-corrected chi connectivity index (χ1v) is 21.0. The molecule has 7 aliphatic rings. The summed E-state index contributed by atoms with van der Waals surface area (Å²) in [5.41, 5.74) is -0.554. The van der Waals surface area contributed by atoms with E-state index in [-0.39, 0.29) is 62.9 Å². The highest BCUT2D eigenvalue weighted by Gasteiger charge is 2.72. The summed E-state index contributed by atoms with van der Waals surface area (Å²) >= 11 is 0. The zero-order valence-electron chi connectivity index (χ0n) is 34.5. The van der Waals surface area contributed by atoms with Gasteiger partial charge in [0.25, 0.3) is 0 Å². The van der Waals surface area contributed by atoms with Crippen molar-refractivity contribution < 1.29 is 29.0 Å². The zero-order chi connectivity index (χ0) is 38.2. The van der Waals surface area contributed by atoms with Crippen molar-refractivity contribution in [3.05, 3.63) is 12.2 Å². The van der Waals surface area contributed by atoms with Crippen molar-refractivity contribution in [2.75, 3.05) is 6.54 Å². The monoisotopic (exact) mass is 722 g/mol. The second kappa shape index (κ2) is 11.8. The second-order valence-corrected chi connectivity index (χ2v) is 22.4. The molecule has 6 aliphatic carbocycles.